The van der Waals surface area contributed by atoms with Crippen molar-refractivity contribution in [2.75, 3.05) is 13.1 Å². The number of carboxylic acids is 2. The fourth-order valence-electron chi connectivity index (χ4n) is 2.16. The molecule has 2 atom stereocenters. The van der Waals surface area contributed by atoms with Crippen molar-refractivity contribution in [2.24, 2.45) is 23.3 Å². The van der Waals surface area contributed by atoms with E-state index in [1.165, 1.54) is 0 Å². The summed E-state index contributed by atoms with van der Waals surface area (Å²) in [6, 6.07) is -1.79. The van der Waals surface area contributed by atoms with E-state index in [2.05, 4.69) is 10.6 Å². The molecule has 0 spiro atoms. The van der Waals surface area contributed by atoms with E-state index in [9.17, 15) is 29.4 Å². The maximum Gasteiger partial charge on any atom is 2.00 e. The zero-order valence-electron chi connectivity index (χ0n) is 19.3. The van der Waals surface area contributed by atoms with Crippen LogP contribution in [0.15, 0.2) is 0 Å². The van der Waals surface area contributed by atoms with E-state index in [1.54, 1.807) is 27.7 Å². The zero-order valence-corrected chi connectivity index (χ0v) is 21.5. The van der Waals surface area contributed by atoms with Crippen molar-refractivity contribution in [3.8, 4) is 0 Å². The summed E-state index contributed by atoms with van der Waals surface area (Å²) >= 11 is 0. The van der Waals surface area contributed by atoms with Crippen LogP contribution in [0, 0.1) is 11.8 Å². The summed E-state index contributed by atoms with van der Waals surface area (Å²) in [6.45, 7) is 7.89. The van der Waals surface area contributed by atoms with Crippen molar-refractivity contribution in [3.05, 3.63) is 0 Å². The molecule has 0 radical (unpaired) electrons. The monoisotopic (exact) mass is 470 g/mol. The molecule has 0 heterocycles. The number of rotatable bonds is 14. The van der Waals surface area contributed by atoms with Crippen LogP contribution in [0.1, 0.15) is 66.2 Å². The van der Waals surface area contributed by atoms with Gasteiger partial charge < -0.3 is 41.9 Å². The average molecular weight is 471 g/mol. The molecule has 0 bridgehead atoms. The van der Waals surface area contributed by atoms with Gasteiger partial charge in [-0.1, -0.05) is 27.7 Å². The van der Waals surface area contributed by atoms with Crippen molar-refractivity contribution in [3.63, 3.8) is 0 Å². The minimum atomic E-state index is -1.24. The molecule has 11 heteroatoms. The number of amides is 2. The summed E-state index contributed by atoms with van der Waals surface area (Å²) < 4.78 is 0. The molecule has 0 saturated carbocycles. The maximum absolute atomic E-state index is 11.3. The van der Waals surface area contributed by atoms with E-state index in [4.69, 9.17) is 11.5 Å². The van der Waals surface area contributed by atoms with Crippen molar-refractivity contribution < 1.29 is 29.4 Å². The van der Waals surface area contributed by atoms with Gasteiger partial charge in [0.25, 0.3) is 0 Å². The van der Waals surface area contributed by atoms with Gasteiger partial charge in [-0.05, 0) is 51.6 Å². The summed E-state index contributed by atoms with van der Waals surface area (Å²) in [5.74, 6) is -3.45. The van der Waals surface area contributed by atoms with Crippen molar-refractivity contribution in [1.82, 2.24) is 10.6 Å². The number of carboxylic acid groups (broad SMARTS) is 2. The van der Waals surface area contributed by atoms with Crippen molar-refractivity contribution >= 4 is 61.5 Å². The Morgan fingerprint density at radius 2 is 0.968 bits per heavy atom. The van der Waals surface area contributed by atoms with Crippen LogP contribution in [0.4, 0.5) is 0 Å². The first-order valence-corrected chi connectivity index (χ1v) is 10.4. The van der Waals surface area contributed by atoms with Crippen LogP contribution < -0.4 is 32.3 Å². The van der Waals surface area contributed by atoms with Gasteiger partial charge in [-0.15, -0.1) is 0 Å². The molecular formula is C20H38CaN4O6. The molecule has 0 fully saturated rings. The molecule has 0 rings (SSSR count). The molecule has 0 aliphatic heterocycles. The van der Waals surface area contributed by atoms with Crippen LogP contribution in [0.2, 0.25) is 0 Å². The van der Waals surface area contributed by atoms with Gasteiger partial charge in [0.2, 0.25) is 11.8 Å². The molecule has 6 N–H and O–H groups in total. The van der Waals surface area contributed by atoms with E-state index in [1.807, 2.05) is 0 Å². The fraction of sp³-hybridized carbons (Fsp3) is 0.800. The molecule has 10 nitrogen and oxygen atoms in total. The standard InChI is InChI=1S/2C10H20N2O3.Ca/c2*1-7(2)9(13)12-8(10(14)15)5-3-4-6-11;/h2*7-8H,3-6,11H2,1-2H3,(H,12,13)(H,14,15);/q;;+2/p-2/t2*8-;/m00./s1. The van der Waals surface area contributed by atoms with Crippen molar-refractivity contribution in [2.45, 2.75) is 78.3 Å². The first-order chi connectivity index (χ1) is 14.0. The predicted molar refractivity (Wildman–Crippen MR) is 115 cm³/mol. The van der Waals surface area contributed by atoms with E-state index in [-0.39, 0.29) is 61.4 Å². The van der Waals surface area contributed by atoms with Crippen molar-refractivity contribution in [1.29, 1.82) is 0 Å². The van der Waals surface area contributed by atoms with Crippen LogP contribution in [-0.4, -0.2) is 86.7 Å². The Bertz CT molecular complexity index is 486. The number of unbranched alkanes of at least 4 members (excludes halogenated alkanes) is 2. The summed E-state index contributed by atoms with van der Waals surface area (Å²) in [4.78, 5) is 43.9. The second-order valence-electron chi connectivity index (χ2n) is 7.64. The van der Waals surface area contributed by atoms with Crippen LogP contribution in [-0.2, 0) is 19.2 Å². The largest absolute Gasteiger partial charge is 2.00 e. The first kappa shape index (κ1) is 34.7. The second kappa shape index (κ2) is 20.9. The average Bonchev–Trinajstić information content (AvgIpc) is 2.66. The molecule has 2 amide bonds. The normalized spacial score (nSPS) is 12.1. The third-order valence-corrected chi connectivity index (χ3v) is 4.14. The third-order valence-electron chi connectivity index (χ3n) is 4.14. The first-order valence-electron chi connectivity index (χ1n) is 10.4. The number of nitrogens with one attached hydrogen (secondary N) is 2. The number of aliphatic carboxylic acids is 2. The number of carbonyl (C=O) groups excluding carboxylic acids is 4. The summed E-state index contributed by atoms with van der Waals surface area (Å²) in [5.41, 5.74) is 10.6. The molecule has 0 aromatic rings. The molecule has 0 aliphatic carbocycles. The van der Waals surface area contributed by atoms with Gasteiger partial charge in [0.15, 0.2) is 0 Å². The van der Waals surface area contributed by atoms with Crippen LogP contribution in [0.5, 0.6) is 0 Å². The Morgan fingerprint density at radius 1 is 0.677 bits per heavy atom. The van der Waals surface area contributed by atoms with Gasteiger partial charge in [-0.3, -0.25) is 9.59 Å². The smallest absolute Gasteiger partial charge is 0.548 e. The van der Waals surface area contributed by atoms with Crippen LogP contribution >= 0.6 is 0 Å². The number of carbonyl (C=O) groups is 4. The van der Waals surface area contributed by atoms with E-state index in [0.717, 1.165) is 12.8 Å². The molecule has 0 aliphatic rings. The molecule has 176 valence electrons. The van der Waals surface area contributed by atoms with Gasteiger partial charge in [-0.2, -0.15) is 0 Å². The number of hydrogen-bond acceptors (Lipinski definition) is 8. The fourth-order valence-corrected chi connectivity index (χ4v) is 2.16. The second-order valence-corrected chi connectivity index (χ2v) is 7.64. The van der Waals surface area contributed by atoms with Crippen LogP contribution in [0.3, 0.4) is 0 Å². The minimum Gasteiger partial charge on any atom is -0.548 e. The molecule has 0 saturated heterocycles. The maximum atomic E-state index is 11.3. The van der Waals surface area contributed by atoms with E-state index < -0.39 is 24.0 Å². The third kappa shape index (κ3) is 19.5. The summed E-state index contributed by atoms with van der Waals surface area (Å²) in [5, 5.41) is 26.3. The predicted octanol–water partition coefficient (Wildman–Crippen LogP) is -2.37. The van der Waals surface area contributed by atoms with Gasteiger partial charge in [0.1, 0.15) is 0 Å². The Morgan fingerprint density at radius 3 is 1.16 bits per heavy atom. The minimum absolute atomic E-state index is 0. The summed E-state index contributed by atoms with van der Waals surface area (Å²) in [6.07, 6.45) is 3.60. The van der Waals surface area contributed by atoms with E-state index >= 15 is 0 Å². The van der Waals surface area contributed by atoms with Crippen LogP contribution in [0.25, 0.3) is 0 Å². The number of hydrogen-bond donors (Lipinski definition) is 4. The molecule has 0 aromatic heterocycles. The summed E-state index contributed by atoms with van der Waals surface area (Å²) in [7, 11) is 0. The topological polar surface area (TPSA) is 190 Å². The van der Waals surface area contributed by atoms with Gasteiger partial charge in [-0.25, -0.2) is 0 Å². The van der Waals surface area contributed by atoms with E-state index in [0.29, 0.717) is 38.8 Å². The Balaban J connectivity index is -0.000000490. The van der Waals surface area contributed by atoms with Gasteiger partial charge in [0, 0.05) is 11.8 Å². The molecule has 0 unspecified atom stereocenters. The molecule has 0 aromatic carbocycles. The number of nitrogens with two attached hydrogens (primary N) is 2. The zero-order chi connectivity index (χ0) is 23.7. The molecular weight excluding hydrogens is 432 g/mol. The Hall–Kier alpha value is -0.940. The SMILES string of the molecule is CC(C)C(=O)N[C@@H](CCCCN)C(=O)[O-].CC(C)C(=O)N[C@@H](CCCCN)C(=O)[O-].[Ca+2]. The van der Waals surface area contributed by atoms with Gasteiger partial charge >= 0.3 is 37.7 Å². The Kier molecular flexibility index (Phi) is 23.4. The molecule has 31 heavy (non-hydrogen) atoms. The quantitative estimate of drug-likeness (QED) is 0.160. The van der Waals surface area contributed by atoms with Gasteiger partial charge in [0.05, 0.1) is 24.0 Å². The Labute approximate surface area is 215 Å².